The van der Waals surface area contributed by atoms with Gasteiger partial charge in [0, 0.05) is 25.0 Å². The van der Waals surface area contributed by atoms with Crippen LogP contribution in [-0.2, 0) is 12.7 Å². The predicted octanol–water partition coefficient (Wildman–Crippen LogP) is 3.25. The number of hydrogen-bond acceptors (Lipinski definition) is 2. The topological polar surface area (TPSA) is 44.4 Å². The zero-order chi connectivity index (χ0) is 17.4. The Morgan fingerprint density at radius 2 is 1.96 bits per heavy atom. The van der Waals surface area contributed by atoms with Crippen LogP contribution in [0.1, 0.15) is 24.0 Å². The molecule has 2 saturated heterocycles. The van der Waals surface area contributed by atoms with Crippen molar-refractivity contribution < 1.29 is 18.0 Å². The summed E-state index contributed by atoms with van der Waals surface area (Å²) < 4.78 is 38.5. The molecule has 2 fully saturated rings. The van der Waals surface area contributed by atoms with Gasteiger partial charge >= 0.3 is 12.2 Å². The molecule has 2 heterocycles. The van der Waals surface area contributed by atoms with Gasteiger partial charge in [0.05, 0.1) is 10.6 Å². The van der Waals surface area contributed by atoms with Gasteiger partial charge in [-0.3, -0.25) is 0 Å². The van der Waals surface area contributed by atoms with Crippen molar-refractivity contribution >= 4 is 17.6 Å². The van der Waals surface area contributed by atoms with E-state index in [0.717, 1.165) is 45.1 Å². The largest absolute Gasteiger partial charge is 0.417 e. The highest BCUT2D eigenvalue weighted by molar-refractivity contribution is 6.31. The fourth-order valence-electron chi connectivity index (χ4n) is 3.37. The van der Waals surface area contributed by atoms with Crippen LogP contribution < -0.4 is 10.6 Å². The lowest BCUT2D eigenvalue weighted by Gasteiger charge is -2.52. The van der Waals surface area contributed by atoms with E-state index in [1.165, 1.54) is 12.1 Å². The molecule has 0 unspecified atom stereocenters. The maximum Gasteiger partial charge on any atom is 0.417 e. The van der Waals surface area contributed by atoms with Crippen molar-refractivity contribution in [3.8, 4) is 0 Å². The van der Waals surface area contributed by atoms with Crippen LogP contribution in [0.2, 0.25) is 5.02 Å². The molecule has 3 rings (SSSR count). The number of halogens is 4. The molecule has 0 atom stereocenters. The minimum absolute atomic E-state index is 0.0458. The van der Waals surface area contributed by atoms with Gasteiger partial charge in [0.1, 0.15) is 0 Å². The summed E-state index contributed by atoms with van der Waals surface area (Å²) in [6.07, 6.45) is -2.39. The molecule has 4 nitrogen and oxygen atoms in total. The van der Waals surface area contributed by atoms with E-state index >= 15 is 0 Å². The van der Waals surface area contributed by atoms with Crippen molar-refractivity contribution in [3.05, 3.63) is 34.3 Å². The number of nitrogens with zero attached hydrogens (tertiary/aromatic N) is 1. The third-order valence-electron chi connectivity index (χ3n) is 4.78. The highest BCUT2D eigenvalue weighted by atomic mass is 35.5. The van der Waals surface area contributed by atoms with Crippen LogP contribution in [0.4, 0.5) is 18.0 Å². The summed E-state index contributed by atoms with van der Waals surface area (Å²) in [5, 5.41) is 5.64. The standard InChI is InChI=1S/C16H19ClF3N3O/c17-13-2-1-11(7-12(13)16(18,19)20)8-22-14(24)23-9-15(10-23)3-5-21-6-4-15/h1-2,7,21H,3-6,8-10H2,(H,22,24). The van der Waals surface area contributed by atoms with Gasteiger partial charge in [0.15, 0.2) is 0 Å². The molecule has 1 aromatic carbocycles. The van der Waals surface area contributed by atoms with Crippen LogP contribution in [0, 0.1) is 5.41 Å². The van der Waals surface area contributed by atoms with Crippen LogP contribution in [0.15, 0.2) is 18.2 Å². The zero-order valence-corrected chi connectivity index (χ0v) is 13.8. The van der Waals surface area contributed by atoms with Crippen LogP contribution in [-0.4, -0.2) is 37.1 Å². The molecule has 0 radical (unpaired) electrons. The second kappa shape index (κ2) is 6.44. The smallest absolute Gasteiger partial charge is 0.334 e. The number of rotatable bonds is 2. The minimum Gasteiger partial charge on any atom is -0.334 e. The number of likely N-dealkylation sites (tertiary alicyclic amines) is 1. The van der Waals surface area contributed by atoms with Gasteiger partial charge in [-0.1, -0.05) is 17.7 Å². The van der Waals surface area contributed by atoms with Crippen molar-refractivity contribution in [1.82, 2.24) is 15.5 Å². The third-order valence-corrected chi connectivity index (χ3v) is 5.11. The van der Waals surface area contributed by atoms with Crippen molar-refractivity contribution in [2.24, 2.45) is 5.41 Å². The Bertz CT molecular complexity index is 621. The average molecular weight is 362 g/mol. The van der Waals surface area contributed by atoms with Gasteiger partial charge < -0.3 is 15.5 Å². The van der Waals surface area contributed by atoms with Crippen LogP contribution in [0.3, 0.4) is 0 Å². The van der Waals surface area contributed by atoms with Gasteiger partial charge in [-0.05, 0) is 43.6 Å². The molecule has 2 N–H and O–H groups in total. The summed E-state index contributed by atoms with van der Waals surface area (Å²) in [5.74, 6) is 0. The Morgan fingerprint density at radius 3 is 2.58 bits per heavy atom. The fraction of sp³-hybridized carbons (Fsp3) is 0.562. The van der Waals surface area contributed by atoms with Gasteiger partial charge in [-0.2, -0.15) is 13.2 Å². The molecule has 2 amide bonds. The average Bonchev–Trinajstić information content (AvgIpc) is 2.51. The van der Waals surface area contributed by atoms with E-state index in [-0.39, 0.29) is 23.0 Å². The summed E-state index contributed by atoms with van der Waals surface area (Å²) in [6.45, 7) is 3.43. The molecule has 0 saturated carbocycles. The number of benzene rings is 1. The van der Waals surface area contributed by atoms with E-state index in [2.05, 4.69) is 10.6 Å². The molecular formula is C16H19ClF3N3O. The van der Waals surface area contributed by atoms with Gasteiger partial charge in [-0.25, -0.2) is 4.79 Å². The molecule has 2 aliphatic rings. The fourth-order valence-corrected chi connectivity index (χ4v) is 3.59. The van der Waals surface area contributed by atoms with Crippen LogP contribution in [0.5, 0.6) is 0 Å². The number of nitrogens with one attached hydrogen (secondary N) is 2. The lowest BCUT2D eigenvalue weighted by Crippen LogP contribution is -2.63. The molecule has 8 heteroatoms. The van der Waals surface area contributed by atoms with Crippen molar-refractivity contribution in [1.29, 1.82) is 0 Å². The Morgan fingerprint density at radius 1 is 1.29 bits per heavy atom. The maximum atomic E-state index is 12.8. The highest BCUT2D eigenvalue weighted by Gasteiger charge is 2.45. The predicted molar refractivity (Wildman–Crippen MR) is 84.8 cm³/mol. The Balaban J connectivity index is 1.54. The van der Waals surface area contributed by atoms with Gasteiger partial charge in [0.2, 0.25) is 0 Å². The van der Waals surface area contributed by atoms with E-state index in [4.69, 9.17) is 11.6 Å². The molecule has 24 heavy (non-hydrogen) atoms. The first-order valence-electron chi connectivity index (χ1n) is 7.88. The molecule has 1 aromatic rings. The first-order valence-corrected chi connectivity index (χ1v) is 8.26. The number of piperidine rings is 1. The van der Waals surface area contributed by atoms with E-state index in [9.17, 15) is 18.0 Å². The minimum atomic E-state index is -4.50. The number of urea groups is 1. The second-order valence-electron chi connectivity index (χ2n) is 6.58. The van der Waals surface area contributed by atoms with Crippen molar-refractivity contribution in [2.45, 2.75) is 25.6 Å². The van der Waals surface area contributed by atoms with Crippen LogP contribution in [0.25, 0.3) is 0 Å². The van der Waals surface area contributed by atoms with Crippen molar-refractivity contribution in [3.63, 3.8) is 0 Å². The Hall–Kier alpha value is -1.47. The summed E-state index contributed by atoms with van der Waals surface area (Å²) >= 11 is 5.59. The number of amides is 2. The molecule has 0 aromatic heterocycles. The molecule has 1 spiro atoms. The molecule has 2 aliphatic heterocycles. The van der Waals surface area contributed by atoms with E-state index in [1.807, 2.05) is 0 Å². The SMILES string of the molecule is O=C(NCc1ccc(Cl)c(C(F)(F)F)c1)N1CC2(CCNCC2)C1. The summed E-state index contributed by atoms with van der Waals surface area (Å²) in [5.41, 5.74) is -0.280. The Labute approximate surface area is 143 Å². The first kappa shape index (κ1) is 17.4. The van der Waals surface area contributed by atoms with E-state index in [1.54, 1.807) is 4.90 Å². The molecule has 132 valence electrons. The lowest BCUT2D eigenvalue weighted by atomic mass is 9.72. The normalized spacial score (nSPS) is 19.9. The summed E-state index contributed by atoms with van der Waals surface area (Å²) in [6, 6.07) is 3.44. The Kier molecular flexibility index (Phi) is 4.66. The van der Waals surface area contributed by atoms with Crippen LogP contribution >= 0.6 is 11.6 Å². The number of carbonyl (C=O) groups is 1. The van der Waals surface area contributed by atoms with Crippen molar-refractivity contribution in [2.75, 3.05) is 26.2 Å². The highest BCUT2D eigenvalue weighted by Crippen LogP contribution is 2.38. The molecular weight excluding hydrogens is 343 g/mol. The maximum absolute atomic E-state index is 12.8. The molecule has 0 aliphatic carbocycles. The van der Waals surface area contributed by atoms with Gasteiger partial charge in [-0.15, -0.1) is 0 Å². The first-order chi connectivity index (χ1) is 11.3. The van der Waals surface area contributed by atoms with E-state index in [0.29, 0.717) is 5.56 Å². The van der Waals surface area contributed by atoms with Gasteiger partial charge in [0.25, 0.3) is 0 Å². The quantitative estimate of drug-likeness (QED) is 0.849. The number of carbonyl (C=O) groups excluding carboxylic acids is 1. The summed E-state index contributed by atoms with van der Waals surface area (Å²) in [4.78, 5) is 13.8. The zero-order valence-electron chi connectivity index (χ0n) is 13.0. The second-order valence-corrected chi connectivity index (χ2v) is 6.98. The number of alkyl halides is 3. The molecule has 0 bridgehead atoms. The lowest BCUT2D eigenvalue weighted by molar-refractivity contribution is -0.137. The summed E-state index contributed by atoms with van der Waals surface area (Å²) in [7, 11) is 0. The third kappa shape index (κ3) is 3.62. The number of hydrogen-bond donors (Lipinski definition) is 2. The monoisotopic (exact) mass is 361 g/mol. The van der Waals surface area contributed by atoms with E-state index < -0.39 is 11.7 Å².